The van der Waals surface area contributed by atoms with E-state index in [1.807, 2.05) is 75.4 Å². The molecule has 4 nitrogen and oxygen atoms in total. The third-order valence-corrected chi connectivity index (χ3v) is 5.95. The first-order valence-corrected chi connectivity index (χ1v) is 11.9. The molecule has 0 bridgehead atoms. The van der Waals surface area contributed by atoms with Crippen LogP contribution in [0.2, 0.25) is 5.02 Å². The van der Waals surface area contributed by atoms with Gasteiger partial charge >= 0.3 is 0 Å². The molecule has 0 saturated carbocycles. The lowest BCUT2D eigenvalue weighted by atomic mass is 10.1. The zero-order chi connectivity index (χ0) is 21.9. The van der Waals surface area contributed by atoms with Crippen LogP contribution in [-0.4, -0.2) is 41.1 Å². The highest BCUT2D eigenvalue weighted by Crippen LogP contribution is 2.17. The van der Waals surface area contributed by atoms with Crippen molar-refractivity contribution in [3.63, 3.8) is 0 Å². The average Bonchev–Trinajstić information content (AvgIpc) is 2.72. The van der Waals surface area contributed by atoms with Gasteiger partial charge in [-0.1, -0.05) is 61.0 Å². The van der Waals surface area contributed by atoms with Gasteiger partial charge in [-0.3, -0.25) is 9.59 Å². The van der Waals surface area contributed by atoms with Crippen molar-refractivity contribution in [1.29, 1.82) is 0 Å². The van der Waals surface area contributed by atoms with Crippen molar-refractivity contribution in [1.82, 2.24) is 10.2 Å². The van der Waals surface area contributed by atoms with Gasteiger partial charge in [0.1, 0.15) is 6.04 Å². The Morgan fingerprint density at radius 3 is 2.30 bits per heavy atom. The average molecular weight is 447 g/mol. The molecule has 2 aromatic rings. The van der Waals surface area contributed by atoms with Crippen molar-refractivity contribution in [3.05, 3.63) is 70.7 Å². The SMILES string of the molecule is CC[C@H](C(=O)NC(C)C)N(CCc1ccccc1)C(=O)CSCc1ccc(Cl)cc1. The number of hydrogen-bond donors (Lipinski definition) is 1. The predicted molar refractivity (Wildman–Crippen MR) is 127 cm³/mol. The molecule has 0 unspecified atom stereocenters. The van der Waals surface area contributed by atoms with E-state index in [0.29, 0.717) is 23.7 Å². The Morgan fingerprint density at radius 2 is 1.70 bits per heavy atom. The van der Waals surface area contributed by atoms with Crippen LogP contribution in [0.3, 0.4) is 0 Å². The molecular formula is C24H31ClN2O2S. The van der Waals surface area contributed by atoms with E-state index in [0.717, 1.165) is 23.3 Å². The summed E-state index contributed by atoms with van der Waals surface area (Å²) in [6.07, 6.45) is 1.31. The Morgan fingerprint density at radius 1 is 1.03 bits per heavy atom. The zero-order valence-electron chi connectivity index (χ0n) is 17.9. The molecule has 0 aliphatic rings. The summed E-state index contributed by atoms with van der Waals surface area (Å²) in [4.78, 5) is 27.6. The second-order valence-corrected chi connectivity index (χ2v) is 8.95. The number of rotatable bonds is 11. The van der Waals surface area contributed by atoms with E-state index in [1.54, 1.807) is 16.7 Å². The molecule has 0 aliphatic carbocycles. The molecule has 162 valence electrons. The minimum Gasteiger partial charge on any atom is -0.352 e. The van der Waals surface area contributed by atoms with Gasteiger partial charge in [-0.05, 0) is 49.9 Å². The number of nitrogens with zero attached hydrogens (tertiary/aromatic N) is 1. The minimum absolute atomic E-state index is 0.00403. The van der Waals surface area contributed by atoms with Crippen molar-refractivity contribution in [3.8, 4) is 0 Å². The second kappa shape index (κ2) is 12.7. The van der Waals surface area contributed by atoms with Crippen LogP contribution in [0.4, 0.5) is 0 Å². The maximum Gasteiger partial charge on any atom is 0.242 e. The highest BCUT2D eigenvalue weighted by Gasteiger charge is 2.28. The normalized spacial score (nSPS) is 11.9. The summed E-state index contributed by atoms with van der Waals surface area (Å²) in [5.74, 6) is 0.972. The number of hydrogen-bond acceptors (Lipinski definition) is 3. The molecular weight excluding hydrogens is 416 g/mol. The molecule has 30 heavy (non-hydrogen) atoms. The lowest BCUT2D eigenvalue weighted by Gasteiger charge is -2.31. The summed E-state index contributed by atoms with van der Waals surface area (Å²) in [6, 6.07) is 17.3. The molecule has 2 aromatic carbocycles. The monoisotopic (exact) mass is 446 g/mol. The number of thioether (sulfide) groups is 1. The molecule has 1 N–H and O–H groups in total. The Balaban J connectivity index is 2.04. The number of benzene rings is 2. The van der Waals surface area contributed by atoms with E-state index in [4.69, 9.17) is 11.6 Å². The van der Waals surface area contributed by atoms with Crippen molar-refractivity contribution < 1.29 is 9.59 Å². The van der Waals surface area contributed by atoms with Gasteiger partial charge in [0.05, 0.1) is 5.75 Å². The summed E-state index contributed by atoms with van der Waals surface area (Å²) in [6.45, 7) is 6.34. The van der Waals surface area contributed by atoms with E-state index in [2.05, 4.69) is 5.32 Å². The Labute approximate surface area is 189 Å². The summed E-state index contributed by atoms with van der Waals surface area (Å²) >= 11 is 7.49. The molecule has 0 spiro atoms. The molecule has 0 fully saturated rings. The number of nitrogens with one attached hydrogen (secondary N) is 1. The first kappa shape index (κ1) is 24.3. The first-order chi connectivity index (χ1) is 14.4. The van der Waals surface area contributed by atoms with Crippen LogP contribution in [0.25, 0.3) is 0 Å². The molecule has 0 saturated heterocycles. The maximum absolute atomic E-state index is 13.1. The Kier molecular flexibility index (Phi) is 10.2. The van der Waals surface area contributed by atoms with Crippen LogP contribution in [0.5, 0.6) is 0 Å². The van der Waals surface area contributed by atoms with E-state index in [1.165, 1.54) is 0 Å². The molecule has 2 amide bonds. The van der Waals surface area contributed by atoms with Gasteiger partial charge in [-0.15, -0.1) is 11.8 Å². The molecule has 1 atom stereocenters. The molecule has 0 radical (unpaired) electrons. The molecule has 6 heteroatoms. The van der Waals surface area contributed by atoms with Gasteiger partial charge in [-0.2, -0.15) is 0 Å². The topological polar surface area (TPSA) is 49.4 Å². The summed E-state index contributed by atoms with van der Waals surface area (Å²) in [7, 11) is 0. The molecule has 0 aromatic heterocycles. The van der Waals surface area contributed by atoms with E-state index in [9.17, 15) is 9.59 Å². The summed E-state index contributed by atoms with van der Waals surface area (Å²) in [5, 5.41) is 3.67. The number of amides is 2. The highest BCUT2D eigenvalue weighted by atomic mass is 35.5. The van der Waals surface area contributed by atoms with Crippen molar-refractivity contribution in [2.45, 2.75) is 51.4 Å². The fourth-order valence-corrected chi connectivity index (χ4v) is 4.19. The number of carbonyl (C=O) groups excluding carboxylic acids is 2. The van der Waals surface area contributed by atoms with Crippen molar-refractivity contribution >= 4 is 35.2 Å². The summed E-state index contributed by atoms with van der Waals surface area (Å²) in [5.41, 5.74) is 2.28. The zero-order valence-corrected chi connectivity index (χ0v) is 19.5. The van der Waals surface area contributed by atoms with E-state index < -0.39 is 6.04 Å². The lowest BCUT2D eigenvalue weighted by molar-refractivity contribution is -0.139. The van der Waals surface area contributed by atoms with Crippen LogP contribution in [0.1, 0.15) is 38.3 Å². The largest absolute Gasteiger partial charge is 0.352 e. The fraction of sp³-hybridized carbons (Fsp3) is 0.417. The van der Waals surface area contributed by atoms with Crippen LogP contribution >= 0.6 is 23.4 Å². The maximum atomic E-state index is 13.1. The van der Waals surface area contributed by atoms with E-state index in [-0.39, 0.29) is 17.9 Å². The smallest absolute Gasteiger partial charge is 0.242 e. The van der Waals surface area contributed by atoms with Gasteiger partial charge in [-0.25, -0.2) is 0 Å². The molecule has 0 heterocycles. The van der Waals surface area contributed by atoms with Gasteiger partial charge < -0.3 is 10.2 Å². The third kappa shape index (κ3) is 8.04. The van der Waals surface area contributed by atoms with Gasteiger partial charge in [0.15, 0.2) is 0 Å². The number of halogens is 1. The van der Waals surface area contributed by atoms with Gasteiger partial charge in [0.2, 0.25) is 11.8 Å². The third-order valence-electron chi connectivity index (χ3n) is 4.71. The van der Waals surface area contributed by atoms with Gasteiger partial charge in [0.25, 0.3) is 0 Å². The fourth-order valence-electron chi connectivity index (χ4n) is 3.20. The lowest BCUT2D eigenvalue weighted by Crippen LogP contribution is -2.51. The summed E-state index contributed by atoms with van der Waals surface area (Å²) < 4.78 is 0. The van der Waals surface area contributed by atoms with Crippen molar-refractivity contribution in [2.24, 2.45) is 0 Å². The molecule has 2 rings (SSSR count). The second-order valence-electron chi connectivity index (χ2n) is 7.53. The standard InChI is InChI=1S/C24H31ClN2O2S/c1-4-22(24(29)26-18(2)3)27(15-14-19-8-6-5-7-9-19)23(28)17-30-16-20-10-12-21(25)13-11-20/h5-13,18,22H,4,14-17H2,1-3H3,(H,26,29)/t22-/m1/s1. The van der Waals surface area contributed by atoms with Crippen LogP contribution in [0.15, 0.2) is 54.6 Å². The Hall–Kier alpha value is -1.98. The van der Waals surface area contributed by atoms with Crippen molar-refractivity contribution in [2.75, 3.05) is 12.3 Å². The minimum atomic E-state index is -0.459. The van der Waals surface area contributed by atoms with E-state index >= 15 is 0 Å². The Bertz CT molecular complexity index is 797. The van der Waals surface area contributed by atoms with Crippen LogP contribution < -0.4 is 5.32 Å². The highest BCUT2D eigenvalue weighted by molar-refractivity contribution is 7.99. The molecule has 0 aliphatic heterocycles. The predicted octanol–water partition coefficient (Wildman–Crippen LogP) is 4.95. The van der Waals surface area contributed by atoms with Crippen LogP contribution in [-0.2, 0) is 21.8 Å². The number of carbonyl (C=O) groups is 2. The quantitative estimate of drug-likeness (QED) is 0.531. The van der Waals surface area contributed by atoms with Crippen LogP contribution in [0, 0.1) is 0 Å². The first-order valence-electron chi connectivity index (χ1n) is 10.4. The van der Waals surface area contributed by atoms with Gasteiger partial charge in [0, 0.05) is 23.4 Å².